The number of hydrogen-bond acceptors (Lipinski definition) is 4. The molecule has 0 aliphatic carbocycles. The van der Waals surface area contributed by atoms with E-state index in [9.17, 15) is 4.79 Å². The Morgan fingerprint density at radius 3 is 2.95 bits per heavy atom. The van der Waals surface area contributed by atoms with Gasteiger partial charge in [-0.05, 0) is 30.7 Å². The van der Waals surface area contributed by atoms with Crippen LogP contribution in [-0.2, 0) is 0 Å². The Morgan fingerprint density at radius 1 is 1.25 bits per heavy atom. The normalized spacial score (nSPS) is 14.1. The third kappa shape index (κ3) is 2.18. The second-order valence-electron chi connectivity index (χ2n) is 4.57. The van der Waals surface area contributed by atoms with Crippen LogP contribution in [0.1, 0.15) is 16.9 Å². The van der Waals surface area contributed by atoms with Gasteiger partial charge in [-0.1, -0.05) is 12.1 Å². The summed E-state index contributed by atoms with van der Waals surface area (Å²) in [5.74, 6) is 0.522. The zero-order chi connectivity index (χ0) is 13.9. The van der Waals surface area contributed by atoms with Crippen LogP contribution in [0.15, 0.2) is 42.6 Å². The summed E-state index contributed by atoms with van der Waals surface area (Å²) in [7, 11) is 0. The zero-order valence-corrected chi connectivity index (χ0v) is 11.0. The molecule has 0 radical (unpaired) electrons. The smallest absolute Gasteiger partial charge is 0.279 e. The molecule has 0 bridgehead atoms. The molecule has 3 rings (SSSR count). The average molecular weight is 269 g/mol. The molecule has 1 aliphatic rings. The monoisotopic (exact) mass is 269 g/mol. The van der Waals surface area contributed by atoms with Crippen molar-refractivity contribution in [2.24, 2.45) is 0 Å². The second-order valence-corrected chi connectivity index (χ2v) is 4.57. The Bertz CT molecular complexity index is 643. The number of rotatable bonds is 1. The Hall–Kier alpha value is -2.56. The Morgan fingerprint density at radius 2 is 2.10 bits per heavy atom. The second kappa shape index (κ2) is 5.21. The summed E-state index contributed by atoms with van der Waals surface area (Å²) in [6.45, 7) is 1.18. The predicted octanol–water partition coefficient (Wildman–Crippen LogP) is 2.09. The molecule has 2 N–H and O–H groups in total. The van der Waals surface area contributed by atoms with Gasteiger partial charge in [-0.2, -0.15) is 0 Å². The highest BCUT2D eigenvalue weighted by Gasteiger charge is 2.25. The Kier molecular flexibility index (Phi) is 3.25. The van der Waals surface area contributed by atoms with E-state index >= 15 is 0 Å². The highest BCUT2D eigenvalue weighted by atomic mass is 16.5. The van der Waals surface area contributed by atoms with Crippen LogP contribution in [0.3, 0.4) is 0 Å². The van der Waals surface area contributed by atoms with Crippen molar-refractivity contribution in [3.8, 4) is 5.75 Å². The first-order valence-electron chi connectivity index (χ1n) is 6.51. The van der Waals surface area contributed by atoms with Gasteiger partial charge in [0.2, 0.25) is 0 Å². The fraction of sp³-hybridized carbons (Fsp3) is 0.200. The number of nitrogens with zero attached hydrogens (tertiary/aromatic N) is 2. The SMILES string of the molecule is Nc1cccnc1C(=O)N1CCCOc2ccccc21. The molecule has 0 unspecified atom stereocenters. The van der Waals surface area contributed by atoms with Gasteiger partial charge >= 0.3 is 0 Å². The van der Waals surface area contributed by atoms with Gasteiger partial charge in [-0.25, -0.2) is 4.98 Å². The third-order valence-corrected chi connectivity index (χ3v) is 3.23. The number of nitrogens with two attached hydrogens (primary N) is 1. The number of benzene rings is 1. The highest BCUT2D eigenvalue weighted by Crippen LogP contribution is 2.31. The van der Waals surface area contributed by atoms with E-state index in [4.69, 9.17) is 10.5 Å². The van der Waals surface area contributed by atoms with Gasteiger partial charge < -0.3 is 15.4 Å². The first-order valence-corrected chi connectivity index (χ1v) is 6.51. The number of fused-ring (bicyclic) bond motifs is 1. The van der Waals surface area contributed by atoms with Crippen LogP contribution < -0.4 is 15.4 Å². The standard InChI is InChI=1S/C15H15N3O2/c16-11-5-3-8-17-14(11)15(19)18-9-4-10-20-13-7-2-1-6-12(13)18/h1-3,5-8H,4,9-10,16H2. The molecule has 1 aromatic carbocycles. The van der Waals surface area contributed by atoms with E-state index in [0.29, 0.717) is 24.6 Å². The fourth-order valence-electron chi connectivity index (χ4n) is 2.26. The minimum absolute atomic E-state index is 0.193. The van der Waals surface area contributed by atoms with Crippen LogP contribution in [0.5, 0.6) is 5.75 Å². The molecule has 1 aromatic heterocycles. The lowest BCUT2D eigenvalue weighted by Crippen LogP contribution is -2.32. The number of carbonyl (C=O) groups is 1. The van der Waals surface area contributed by atoms with Crippen molar-refractivity contribution >= 4 is 17.3 Å². The number of anilines is 2. The molecule has 0 spiro atoms. The predicted molar refractivity (Wildman–Crippen MR) is 76.9 cm³/mol. The zero-order valence-electron chi connectivity index (χ0n) is 11.0. The first kappa shape index (κ1) is 12.5. The van der Waals surface area contributed by atoms with Gasteiger partial charge in [0.15, 0.2) is 5.69 Å². The summed E-state index contributed by atoms with van der Waals surface area (Å²) in [6, 6.07) is 10.9. The minimum atomic E-state index is -0.193. The fourth-order valence-corrected chi connectivity index (χ4v) is 2.26. The van der Waals surface area contributed by atoms with Crippen molar-refractivity contribution in [2.45, 2.75) is 6.42 Å². The molecule has 5 heteroatoms. The molecule has 1 amide bonds. The quantitative estimate of drug-likeness (QED) is 0.860. The van der Waals surface area contributed by atoms with Crippen molar-refractivity contribution in [2.75, 3.05) is 23.8 Å². The molecule has 5 nitrogen and oxygen atoms in total. The number of pyridine rings is 1. The maximum absolute atomic E-state index is 12.7. The van der Waals surface area contributed by atoms with Crippen LogP contribution in [-0.4, -0.2) is 24.0 Å². The number of amides is 1. The number of para-hydroxylation sites is 2. The summed E-state index contributed by atoms with van der Waals surface area (Å²) in [6.07, 6.45) is 2.34. The lowest BCUT2D eigenvalue weighted by atomic mass is 10.2. The Balaban J connectivity index is 2.02. The van der Waals surface area contributed by atoms with Crippen molar-refractivity contribution < 1.29 is 9.53 Å². The summed E-state index contributed by atoms with van der Waals surface area (Å²) in [4.78, 5) is 18.4. The molecule has 102 valence electrons. The molecule has 1 aliphatic heterocycles. The molecule has 0 fully saturated rings. The maximum atomic E-state index is 12.7. The Labute approximate surface area is 117 Å². The van der Waals surface area contributed by atoms with Crippen LogP contribution in [0.4, 0.5) is 11.4 Å². The summed E-state index contributed by atoms with van der Waals surface area (Å²) in [5, 5.41) is 0. The molecule has 2 heterocycles. The number of nitrogen functional groups attached to an aromatic ring is 1. The van der Waals surface area contributed by atoms with E-state index < -0.39 is 0 Å². The maximum Gasteiger partial charge on any atom is 0.279 e. The van der Waals surface area contributed by atoms with Gasteiger partial charge in [0.1, 0.15) is 5.75 Å². The van der Waals surface area contributed by atoms with Gasteiger partial charge in [0.25, 0.3) is 5.91 Å². The number of hydrogen-bond donors (Lipinski definition) is 1. The van der Waals surface area contributed by atoms with Gasteiger partial charge in [-0.3, -0.25) is 4.79 Å². The van der Waals surface area contributed by atoms with Crippen LogP contribution >= 0.6 is 0 Å². The molecule has 20 heavy (non-hydrogen) atoms. The lowest BCUT2D eigenvalue weighted by Gasteiger charge is -2.21. The van der Waals surface area contributed by atoms with E-state index in [1.807, 2.05) is 24.3 Å². The van der Waals surface area contributed by atoms with E-state index in [2.05, 4.69) is 4.98 Å². The van der Waals surface area contributed by atoms with Crippen molar-refractivity contribution in [1.29, 1.82) is 0 Å². The van der Waals surface area contributed by atoms with Crippen molar-refractivity contribution in [3.63, 3.8) is 0 Å². The van der Waals surface area contributed by atoms with E-state index in [1.54, 1.807) is 23.2 Å². The summed E-state index contributed by atoms with van der Waals surface area (Å²) >= 11 is 0. The highest BCUT2D eigenvalue weighted by molar-refractivity contribution is 6.08. The number of ether oxygens (including phenoxy) is 1. The topological polar surface area (TPSA) is 68.5 Å². The van der Waals surface area contributed by atoms with Crippen LogP contribution in [0, 0.1) is 0 Å². The van der Waals surface area contributed by atoms with Crippen molar-refractivity contribution in [3.05, 3.63) is 48.3 Å². The van der Waals surface area contributed by atoms with Gasteiger partial charge in [-0.15, -0.1) is 0 Å². The van der Waals surface area contributed by atoms with Crippen molar-refractivity contribution in [1.82, 2.24) is 4.98 Å². The number of aromatic nitrogens is 1. The van der Waals surface area contributed by atoms with Crippen LogP contribution in [0.2, 0.25) is 0 Å². The van der Waals surface area contributed by atoms with E-state index in [0.717, 1.165) is 12.1 Å². The van der Waals surface area contributed by atoms with Gasteiger partial charge in [0.05, 0.1) is 18.0 Å². The average Bonchev–Trinajstić information content (AvgIpc) is 2.69. The van der Waals surface area contributed by atoms with Crippen LogP contribution in [0.25, 0.3) is 0 Å². The summed E-state index contributed by atoms with van der Waals surface area (Å²) in [5.41, 5.74) is 7.28. The first-order chi connectivity index (χ1) is 9.77. The molecule has 0 atom stereocenters. The van der Waals surface area contributed by atoms with E-state index in [1.165, 1.54) is 0 Å². The molecule has 0 saturated carbocycles. The van der Waals surface area contributed by atoms with Gasteiger partial charge in [0, 0.05) is 12.7 Å². The third-order valence-electron chi connectivity index (χ3n) is 3.23. The molecule has 2 aromatic rings. The summed E-state index contributed by atoms with van der Waals surface area (Å²) < 4.78 is 5.65. The van der Waals surface area contributed by atoms with E-state index in [-0.39, 0.29) is 11.6 Å². The number of carbonyl (C=O) groups excluding carboxylic acids is 1. The lowest BCUT2D eigenvalue weighted by molar-refractivity contribution is 0.0983. The molecule has 0 saturated heterocycles. The molecular weight excluding hydrogens is 254 g/mol. The largest absolute Gasteiger partial charge is 0.491 e. The minimum Gasteiger partial charge on any atom is -0.491 e. The molecular formula is C15H15N3O2.